The molecule has 1 radical (unpaired) electrons. The maximum Gasteiger partial charge on any atom is 0.514 e. The van der Waals surface area contributed by atoms with E-state index in [2.05, 4.69) is 6.92 Å². The average Bonchev–Trinajstić information content (AvgIpc) is 2.58. The third-order valence-corrected chi connectivity index (χ3v) is 4.43. The zero-order chi connectivity index (χ0) is 18.1. The van der Waals surface area contributed by atoms with E-state index in [1.807, 2.05) is 0 Å². The molecule has 0 aromatic heterocycles. The van der Waals surface area contributed by atoms with Gasteiger partial charge in [-0.3, -0.25) is 9.59 Å². The van der Waals surface area contributed by atoms with Gasteiger partial charge in [0, 0.05) is 12.0 Å². The molecular weight excluding hydrogens is 320 g/mol. The van der Waals surface area contributed by atoms with Crippen molar-refractivity contribution in [2.24, 2.45) is 0 Å². The summed E-state index contributed by atoms with van der Waals surface area (Å²) in [6.07, 6.45) is 9.33. The molecule has 0 spiro atoms. The van der Waals surface area contributed by atoms with E-state index >= 15 is 0 Å². The van der Waals surface area contributed by atoms with Crippen LogP contribution in [-0.2, 0) is 9.53 Å². The summed E-state index contributed by atoms with van der Waals surface area (Å²) in [5.41, 5.74) is 0.496. The number of rotatable bonds is 10. The highest BCUT2D eigenvalue weighted by Gasteiger charge is 2.23. The largest absolute Gasteiger partial charge is 0.514 e. The SMILES string of the molecule is CCCCCCCC(=O)c1ccc(OC(=O)OC2CCC2)c([C]=O)c1. The Bertz CT molecular complexity index is 604. The lowest BCUT2D eigenvalue weighted by Gasteiger charge is -2.24. The van der Waals surface area contributed by atoms with Crippen LogP contribution in [0, 0.1) is 0 Å². The monoisotopic (exact) mass is 345 g/mol. The fourth-order valence-electron chi connectivity index (χ4n) is 2.64. The third-order valence-electron chi connectivity index (χ3n) is 4.43. The zero-order valence-electron chi connectivity index (χ0n) is 14.7. The van der Waals surface area contributed by atoms with Crippen LogP contribution in [0.25, 0.3) is 0 Å². The van der Waals surface area contributed by atoms with Crippen LogP contribution in [0.3, 0.4) is 0 Å². The third kappa shape index (κ3) is 6.00. The highest BCUT2D eigenvalue weighted by atomic mass is 16.7. The van der Waals surface area contributed by atoms with Gasteiger partial charge in [-0.2, -0.15) is 0 Å². The molecular formula is C20H25O5. The lowest BCUT2D eigenvalue weighted by atomic mass is 9.96. The van der Waals surface area contributed by atoms with E-state index in [0.29, 0.717) is 12.0 Å². The van der Waals surface area contributed by atoms with Gasteiger partial charge < -0.3 is 9.47 Å². The van der Waals surface area contributed by atoms with E-state index < -0.39 is 6.16 Å². The molecule has 0 amide bonds. The van der Waals surface area contributed by atoms with Gasteiger partial charge in [0.1, 0.15) is 11.9 Å². The Morgan fingerprint density at radius 1 is 1.16 bits per heavy atom. The Kier molecular flexibility index (Phi) is 7.64. The first-order chi connectivity index (χ1) is 12.1. The molecule has 25 heavy (non-hydrogen) atoms. The Labute approximate surface area is 148 Å². The van der Waals surface area contributed by atoms with Gasteiger partial charge in [-0.15, -0.1) is 0 Å². The highest BCUT2D eigenvalue weighted by molar-refractivity contribution is 5.98. The molecule has 1 fully saturated rings. The Morgan fingerprint density at radius 2 is 1.92 bits per heavy atom. The maximum absolute atomic E-state index is 12.2. The van der Waals surface area contributed by atoms with Crippen LogP contribution in [0.1, 0.15) is 80.6 Å². The lowest BCUT2D eigenvalue weighted by molar-refractivity contribution is 0.0227. The van der Waals surface area contributed by atoms with Crippen molar-refractivity contribution in [2.75, 3.05) is 0 Å². The van der Waals surface area contributed by atoms with E-state index in [0.717, 1.165) is 44.9 Å². The van der Waals surface area contributed by atoms with Gasteiger partial charge >= 0.3 is 6.16 Å². The minimum atomic E-state index is -0.823. The predicted molar refractivity (Wildman–Crippen MR) is 93.7 cm³/mol. The number of ether oxygens (including phenoxy) is 2. The average molecular weight is 345 g/mol. The van der Waals surface area contributed by atoms with Crippen molar-refractivity contribution in [2.45, 2.75) is 70.8 Å². The lowest BCUT2D eigenvalue weighted by Crippen LogP contribution is -2.26. The minimum absolute atomic E-state index is 0.0170. The summed E-state index contributed by atoms with van der Waals surface area (Å²) in [7, 11) is 0. The van der Waals surface area contributed by atoms with E-state index in [1.54, 1.807) is 12.4 Å². The molecule has 5 nitrogen and oxygen atoms in total. The second-order valence-corrected chi connectivity index (χ2v) is 6.42. The summed E-state index contributed by atoms with van der Waals surface area (Å²) >= 11 is 0. The molecule has 0 N–H and O–H groups in total. The van der Waals surface area contributed by atoms with Gasteiger partial charge in [0.25, 0.3) is 0 Å². The van der Waals surface area contributed by atoms with Crippen molar-refractivity contribution in [3.05, 3.63) is 29.3 Å². The van der Waals surface area contributed by atoms with Gasteiger partial charge in [-0.25, -0.2) is 4.79 Å². The van der Waals surface area contributed by atoms with Gasteiger partial charge in [0.15, 0.2) is 5.78 Å². The quantitative estimate of drug-likeness (QED) is 0.265. The number of carbonyl (C=O) groups is 2. The van der Waals surface area contributed by atoms with Gasteiger partial charge in [-0.1, -0.05) is 32.6 Å². The molecule has 0 bridgehead atoms. The fraction of sp³-hybridized carbons (Fsp3) is 0.550. The first-order valence-electron chi connectivity index (χ1n) is 9.08. The molecule has 135 valence electrons. The van der Waals surface area contributed by atoms with Crippen LogP contribution in [0.4, 0.5) is 4.79 Å². The maximum atomic E-state index is 12.2. The molecule has 1 aliphatic rings. The first-order valence-corrected chi connectivity index (χ1v) is 9.08. The summed E-state index contributed by atoms with van der Waals surface area (Å²) in [5.74, 6) is 0.0513. The molecule has 1 aromatic rings. The van der Waals surface area contributed by atoms with Crippen molar-refractivity contribution in [1.82, 2.24) is 0 Å². The van der Waals surface area contributed by atoms with Crippen molar-refractivity contribution >= 4 is 18.2 Å². The van der Waals surface area contributed by atoms with Crippen LogP contribution >= 0.6 is 0 Å². The minimum Gasteiger partial charge on any atom is -0.431 e. The molecule has 0 aliphatic heterocycles. The van der Waals surface area contributed by atoms with Crippen LogP contribution in [0.2, 0.25) is 0 Å². The number of hydrogen-bond donors (Lipinski definition) is 0. The van der Waals surface area contributed by atoms with Gasteiger partial charge in [-0.05, 0) is 43.9 Å². The molecule has 1 saturated carbocycles. The fourth-order valence-corrected chi connectivity index (χ4v) is 2.64. The van der Waals surface area contributed by atoms with Crippen molar-refractivity contribution in [1.29, 1.82) is 0 Å². The van der Waals surface area contributed by atoms with Gasteiger partial charge in [0.05, 0.1) is 5.56 Å². The number of benzene rings is 1. The van der Waals surface area contributed by atoms with E-state index in [4.69, 9.17) is 9.47 Å². The zero-order valence-corrected chi connectivity index (χ0v) is 14.7. The number of carbonyl (C=O) groups excluding carboxylic acids is 3. The Balaban J connectivity index is 1.89. The number of Topliss-reactive ketones (excluding diaryl/α,β-unsaturated/α-hetero) is 1. The second-order valence-electron chi connectivity index (χ2n) is 6.42. The first kappa shape index (κ1) is 19.2. The standard InChI is InChI=1S/C20H25O5/c1-2-3-4-5-6-10-18(22)15-11-12-19(16(13-15)14-21)25-20(23)24-17-8-7-9-17/h11-13,17H,2-10H2,1H3. The summed E-state index contributed by atoms with van der Waals surface area (Å²) in [5, 5.41) is 0. The van der Waals surface area contributed by atoms with E-state index in [1.165, 1.54) is 18.6 Å². The van der Waals surface area contributed by atoms with Crippen LogP contribution in [-0.4, -0.2) is 24.3 Å². The van der Waals surface area contributed by atoms with Crippen LogP contribution in [0.5, 0.6) is 5.75 Å². The number of hydrogen-bond acceptors (Lipinski definition) is 5. The molecule has 5 heteroatoms. The van der Waals surface area contributed by atoms with E-state index in [-0.39, 0.29) is 23.2 Å². The second kappa shape index (κ2) is 9.97. The van der Waals surface area contributed by atoms with E-state index in [9.17, 15) is 14.4 Å². The summed E-state index contributed by atoms with van der Waals surface area (Å²) < 4.78 is 10.2. The number of ketones is 1. The smallest absolute Gasteiger partial charge is 0.431 e. The molecule has 0 atom stereocenters. The van der Waals surface area contributed by atoms with Crippen molar-refractivity contribution in [3.8, 4) is 5.75 Å². The normalized spacial score (nSPS) is 13.8. The molecule has 0 saturated heterocycles. The Morgan fingerprint density at radius 3 is 2.56 bits per heavy atom. The summed E-state index contributed by atoms with van der Waals surface area (Å²) in [6, 6.07) is 4.45. The number of unbranched alkanes of at least 4 members (excludes halogenated alkanes) is 4. The molecule has 2 rings (SSSR count). The van der Waals surface area contributed by atoms with Crippen molar-refractivity contribution < 1.29 is 23.9 Å². The van der Waals surface area contributed by atoms with Crippen molar-refractivity contribution in [3.63, 3.8) is 0 Å². The summed E-state index contributed by atoms with van der Waals surface area (Å²) in [6.45, 7) is 2.15. The molecule has 1 aliphatic carbocycles. The summed E-state index contributed by atoms with van der Waals surface area (Å²) in [4.78, 5) is 35.0. The van der Waals surface area contributed by atoms with Gasteiger partial charge in [0.2, 0.25) is 6.29 Å². The van der Waals surface area contributed by atoms with Crippen LogP contribution < -0.4 is 4.74 Å². The topological polar surface area (TPSA) is 69.7 Å². The Hall–Kier alpha value is -2.17. The molecule has 0 heterocycles. The highest BCUT2D eigenvalue weighted by Crippen LogP contribution is 2.24. The predicted octanol–water partition coefficient (Wildman–Crippen LogP) is 4.76. The molecule has 0 unspecified atom stereocenters. The molecule has 1 aromatic carbocycles. The van der Waals surface area contributed by atoms with Crippen LogP contribution in [0.15, 0.2) is 18.2 Å².